The van der Waals surface area contributed by atoms with E-state index in [1.54, 1.807) is 17.0 Å². The lowest BCUT2D eigenvalue weighted by atomic mass is 9.85. The summed E-state index contributed by atoms with van der Waals surface area (Å²) in [6.45, 7) is 9.39. The number of para-hydroxylation sites is 1. The van der Waals surface area contributed by atoms with Gasteiger partial charge in [0, 0.05) is 19.6 Å². The van der Waals surface area contributed by atoms with E-state index in [1.165, 1.54) is 11.6 Å². The Kier molecular flexibility index (Phi) is 7.21. The number of nitrogens with zero attached hydrogens (tertiary/aromatic N) is 1. The summed E-state index contributed by atoms with van der Waals surface area (Å²) in [7, 11) is 0. The molecular weight excluding hydrogens is 418 g/mol. The molecule has 0 saturated heterocycles. The number of benzene rings is 2. The van der Waals surface area contributed by atoms with E-state index in [2.05, 4.69) is 36.6 Å². The van der Waals surface area contributed by atoms with Crippen LogP contribution in [-0.4, -0.2) is 35.5 Å². The van der Waals surface area contributed by atoms with Gasteiger partial charge in [0.2, 0.25) is 0 Å². The van der Waals surface area contributed by atoms with Crippen LogP contribution in [0, 0.1) is 5.41 Å². The number of carbonyl (C=O) groups excluding carboxylic acids is 1. The Bertz CT molecular complexity index is 1190. The third-order valence-electron chi connectivity index (χ3n) is 5.76. The van der Waals surface area contributed by atoms with Crippen molar-refractivity contribution >= 4 is 23.0 Å². The van der Waals surface area contributed by atoms with Crippen LogP contribution < -0.4 is 21.5 Å². The second-order valence-electron chi connectivity index (χ2n) is 8.89. The van der Waals surface area contributed by atoms with Crippen LogP contribution in [0.3, 0.4) is 0 Å². The number of hydrogen-bond donors (Lipinski definition) is 3. The van der Waals surface area contributed by atoms with E-state index in [4.69, 9.17) is 0 Å². The molecule has 0 aliphatic heterocycles. The van der Waals surface area contributed by atoms with Gasteiger partial charge in [0.15, 0.2) is 5.75 Å². The summed E-state index contributed by atoms with van der Waals surface area (Å²) < 4.78 is 0. The largest absolute Gasteiger partial charge is 0.505 e. The molecule has 0 aliphatic carbocycles. The molecule has 0 saturated carbocycles. The minimum absolute atomic E-state index is 0.0956. The Hall–Kier alpha value is -3.61. The molecule has 0 aromatic heterocycles. The summed E-state index contributed by atoms with van der Waals surface area (Å²) in [6.07, 6.45) is 0.801. The fraction of sp³-hybridized carbons (Fsp3) is 0.346. The lowest BCUT2D eigenvalue weighted by molar-refractivity contribution is 0.0770. The third kappa shape index (κ3) is 5.25. The molecule has 0 fully saturated rings. The zero-order valence-electron chi connectivity index (χ0n) is 19.6. The van der Waals surface area contributed by atoms with E-state index in [-0.39, 0.29) is 39.7 Å². The van der Waals surface area contributed by atoms with E-state index in [1.807, 2.05) is 32.0 Å². The van der Waals surface area contributed by atoms with E-state index in [0.717, 1.165) is 6.42 Å². The van der Waals surface area contributed by atoms with Crippen LogP contribution >= 0.6 is 0 Å². The summed E-state index contributed by atoms with van der Waals surface area (Å²) in [5.41, 5.74) is 0.400. The highest BCUT2D eigenvalue weighted by molar-refractivity contribution is 5.99. The first-order valence-corrected chi connectivity index (χ1v) is 11.2. The van der Waals surface area contributed by atoms with Crippen molar-refractivity contribution < 1.29 is 9.90 Å². The molecule has 33 heavy (non-hydrogen) atoms. The first-order chi connectivity index (χ1) is 15.7. The molecule has 174 valence electrons. The molecule has 0 atom stereocenters. The highest BCUT2D eigenvalue weighted by atomic mass is 16.3. The van der Waals surface area contributed by atoms with E-state index < -0.39 is 10.9 Å². The number of rotatable bonds is 10. The van der Waals surface area contributed by atoms with Gasteiger partial charge >= 0.3 is 0 Å². The summed E-state index contributed by atoms with van der Waals surface area (Å²) in [4.78, 5) is 38.8. The maximum Gasteiger partial charge on any atom is 0.257 e. The molecule has 0 spiro atoms. The van der Waals surface area contributed by atoms with Gasteiger partial charge in [0.05, 0.1) is 11.3 Å². The highest BCUT2D eigenvalue weighted by Crippen LogP contribution is 2.32. The van der Waals surface area contributed by atoms with E-state index >= 15 is 0 Å². The van der Waals surface area contributed by atoms with Crippen molar-refractivity contribution in [2.24, 2.45) is 5.41 Å². The average molecular weight is 450 g/mol. The van der Waals surface area contributed by atoms with Crippen molar-refractivity contribution in [1.82, 2.24) is 4.90 Å². The number of anilines is 3. The van der Waals surface area contributed by atoms with Crippen molar-refractivity contribution in [1.29, 1.82) is 0 Å². The molecule has 3 rings (SSSR count). The Morgan fingerprint density at radius 3 is 2.21 bits per heavy atom. The highest BCUT2D eigenvalue weighted by Gasteiger charge is 2.26. The van der Waals surface area contributed by atoms with Crippen molar-refractivity contribution in [2.45, 2.75) is 34.1 Å². The summed E-state index contributed by atoms with van der Waals surface area (Å²) >= 11 is 0. The number of carbonyl (C=O) groups is 1. The third-order valence-corrected chi connectivity index (χ3v) is 5.76. The van der Waals surface area contributed by atoms with Crippen LogP contribution in [0.4, 0.5) is 17.1 Å². The van der Waals surface area contributed by atoms with Gasteiger partial charge in [-0.25, -0.2) is 0 Å². The summed E-state index contributed by atoms with van der Waals surface area (Å²) in [5.74, 6) is -0.551. The van der Waals surface area contributed by atoms with Crippen LogP contribution in [0.5, 0.6) is 5.75 Å². The van der Waals surface area contributed by atoms with Crippen LogP contribution in [0.25, 0.3) is 0 Å². The second-order valence-corrected chi connectivity index (χ2v) is 8.89. The molecule has 3 aromatic rings. The lowest BCUT2D eigenvalue weighted by Gasteiger charge is -2.27. The zero-order chi connectivity index (χ0) is 24.2. The minimum atomic E-state index is -0.654. The quantitative estimate of drug-likeness (QED) is 0.321. The first kappa shape index (κ1) is 24.0. The molecule has 1 amide bonds. The number of hydrogen-bond acceptors (Lipinski definition) is 6. The maximum atomic E-state index is 12.7. The van der Waals surface area contributed by atoms with Crippen molar-refractivity contribution in [2.75, 3.05) is 30.3 Å². The van der Waals surface area contributed by atoms with Gasteiger partial charge in [-0.2, -0.15) is 0 Å². The fourth-order valence-electron chi connectivity index (χ4n) is 3.85. The topological polar surface area (TPSA) is 98.7 Å². The van der Waals surface area contributed by atoms with Crippen molar-refractivity contribution in [3.63, 3.8) is 0 Å². The molecule has 3 N–H and O–H groups in total. The van der Waals surface area contributed by atoms with Gasteiger partial charge in [0.1, 0.15) is 11.4 Å². The van der Waals surface area contributed by atoms with E-state index in [0.29, 0.717) is 19.6 Å². The monoisotopic (exact) mass is 449 g/mol. The van der Waals surface area contributed by atoms with E-state index in [9.17, 15) is 19.5 Å². The van der Waals surface area contributed by atoms with Crippen molar-refractivity contribution in [3.8, 4) is 5.75 Å². The van der Waals surface area contributed by atoms with Gasteiger partial charge in [-0.15, -0.1) is 0 Å². The number of amides is 1. The number of phenolic OH excluding ortho intramolecular Hbond substituents is 1. The standard InChI is InChI=1S/C26H31N3O4/c1-5-29(6-2)25(33)18-13-10-14-19(22(18)30)28-21-20(23(31)24(21)32)27-16-26(3,4)15-17-11-8-7-9-12-17/h7-14,27-28,30H,5-6,15-16H2,1-4H3. The van der Waals surface area contributed by atoms with Crippen LogP contribution in [-0.2, 0) is 6.42 Å². The van der Waals surface area contributed by atoms with Gasteiger partial charge in [-0.1, -0.05) is 50.2 Å². The SMILES string of the molecule is CCN(CC)C(=O)c1cccc(Nc2c(NCC(C)(C)Cc3ccccc3)c(=O)c2=O)c1O. The number of nitrogens with one attached hydrogen (secondary N) is 2. The van der Waals surface area contributed by atoms with Gasteiger partial charge in [-0.3, -0.25) is 14.4 Å². The van der Waals surface area contributed by atoms with Crippen LogP contribution in [0.15, 0.2) is 58.1 Å². The summed E-state index contributed by atoms with van der Waals surface area (Å²) in [5, 5.41) is 16.7. The normalized spacial score (nSPS) is 11.4. The summed E-state index contributed by atoms with van der Waals surface area (Å²) in [6, 6.07) is 14.8. The van der Waals surface area contributed by atoms with Crippen molar-refractivity contribution in [3.05, 3.63) is 80.1 Å². The first-order valence-electron chi connectivity index (χ1n) is 11.2. The molecule has 3 aromatic carbocycles. The predicted molar refractivity (Wildman–Crippen MR) is 132 cm³/mol. The van der Waals surface area contributed by atoms with Crippen LogP contribution in [0.2, 0.25) is 0 Å². The Balaban J connectivity index is 1.77. The minimum Gasteiger partial charge on any atom is -0.505 e. The fourth-order valence-corrected chi connectivity index (χ4v) is 3.85. The number of aromatic hydroxyl groups is 1. The molecule has 0 radical (unpaired) electrons. The second kappa shape index (κ2) is 9.90. The molecule has 7 heteroatoms. The molecular formula is C26H31N3O4. The molecule has 0 unspecified atom stereocenters. The Morgan fingerprint density at radius 1 is 0.939 bits per heavy atom. The smallest absolute Gasteiger partial charge is 0.257 e. The molecule has 7 nitrogen and oxygen atoms in total. The molecule has 0 heterocycles. The lowest BCUT2D eigenvalue weighted by Crippen LogP contribution is -2.39. The average Bonchev–Trinajstić information content (AvgIpc) is 2.80. The van der Waals surface area contributed by atoms with Gasteiger partial charge in [-0.05, 0) is 43.4 Å². The van der Waals surface area contributed by atoms with Gasteiger partial charge in [0.25, 0.3) is 16.8 Å². The number of phenols is 1. The zero-order valence-corrected chi connectivity index (χ0v) is 19.6. The Morgan fingerprint density at radius 2 is 1.58 bits per heavy atom. The van der Waals surface area contributed by atoms with Crippen LogP contribution in [0.1, 0.15) is 43.6 Å². The van der Waals surface area contributed by atoms with Gasteiger partial charge < -0.3 is 20.6 Å². The predicted octanol–water partition coefficient (Wildman–Crippen LogP) is 3.89. The maximum absolute atomic E-state index is 12.7. The molecule has 0 bridgehead atoms. The molecule has 0 aliphatic rings. The Labute approximate surface area is 193 Å².